The lowest BCUT2D eigenvalue weighted by atomic mass is 10.0. The van der Waals surface area contributed by atoms with Crippen molar-refractivity contribution in [3.05, 3.63) is 41.5 Å². The highest BCUT2D eigenvalue weighted by Gasteiger charge is 2.35. The van der Waals surface area contributed by atoms with E-state index in [1.807, 2.05) is 39.0 Å². The summed E-state index contributed by atoms with van der Waals surface area (Å²) < 4.78 is 0. The van der Waals surface area contributed by atoms with Crippen LogP contribution in [-0.4, -0.2) is 22.8 Å². The molecule has 0 aliphatic carbocycles. The average Bonchev–Trinajstić information content (AvgIpc) is 2.80. The van der Waals surface area contributed by atoms with Gasteiger partial charge in [-0.25, -0.2) is 0 Å². The van der Waals surface area contributed by atoms with Crippen molar-refractivity contribution in [2.75, 3.05) is 10.7 Å². The van der Waals surface area contributed by atoms with Crippen LogP contribution in [0.2, 0.25) is 0 Å². The van der Waals surface area contributed by atoms with Gasteiger partial charge in [0.2, 0.25) is 5.12 Å². The maximum Gasteiger partial charge on any atom is 0.251 e. The quantitative estimate of drug-likeness (QED) is 0.802. The van der Waals surface area contributed by atoms with Crippen LogP contribution in [0, 0.1) is 13.8 Å². The zero-order chi connectivity index (χ0) is 14.7. The number of anilines is 1. The van der Waals surface area contributed by atoms with E-state index in [4.69, 9.17) is 0 Å². The van der Waals surface area contributed by atoms with E-state index >= 15 is 0 Å². The van der Waals surface area contributed by atoms with Crippen LogP contribution in [0.15, 0.2) is 30.4 Å². The molecule has 106 valence electrons. The summed E-state index contributed by atoms with van der Waals surface area (Å²) in [4.78, 5) is 26.2. The number of amides is 1. The second-order valence-electron chi connectivity index (χ2n) is 4.92. The minimum absolute atomic E-state index is 0.0884. The minimum Gasteiger partial charge on any atom is -0.297 e. The first-order valence-electron chi connectivity index (χ1n) is 6.75. The number of nitrogens with zero attached hydrogens (tertiary/aromatic N) is 1. The van der Waals surface area contributed by atoms with E-state index in [9.17, 15) is 9.59 Å². The molecule has 1 heterocycles. The first kappa shape index (κ1) is 14.9. The zero-order valence-corrected chi connectivity index (χ0v) is 12.9. The zero-order valence-electron chi connectivity index (χ0n) is 12.1. The van der Waals surface area contributed by atoms with E-state index in [1.54, 1.807) is 11.0 Å². The van der Waals surface area contributed by atoms with Gasteiger partial charge in [0.1, 0.15) is 6.04 Å². The van der Waals surface area contributed by atoms with Crippen molar-refractivity contribution in [2.24, 2.45) is 0 Å². The molecule has 1 amide bonds. The summed E-state index contributed by atoms with van der Waals surface area (Å²) in [6, 6.07) is 5.58. The van der Waals surface area contributed by atoms with Gasteiger partial charge in [-0.3, -0.25) is 14.5 Å². The topological polar surface area (TPSA) is 37.4 Å². The van der Waals surface area contributed by atoms with Crippen LogP contribution in [0.4, 0.5) is 5.69 Å². The van der Waals surface area contributed by atoms with Crippen LogP contribution in [0.25, 0.3) is 0 Å². The Hall–Kier alpha value is -1.55. The van der Waals surface area contributed by atoms with Crippen LogP contribution < -0.4 is 4.90 Å². The lowest BCUT2D eigenvalue weighted by Gasteiger charge is -2.29. The second kappa shape index (κ2) is 6.27. The summed E-state index contributed by atoms with van der Waals surface area (Å²) >= 11 is 1.32. The van der Waals surface area contributed by atoms with E-state index in [1.165, 1.54) is 17.8 Å². The Kier molecular flexibility index (Phi) is 4.65. The number of rotatable bonds is 3. The predicted octanol–water partition coefficient (Wildman–Crippen LogP) is 3.24. The highest BCUT2D eigenvalue weighted by molar-refractivity contribution is 8.14. The molecule has 20 heavy (non-hydrogen) atoms. The fourth-order valence-electron chi connectivity index (χ4n) is 2.55. The van der Waals surface area contributed by atoms with Gasteiger partial charge >= 0.3 is 0 Å². The van der Waals surface area contributed by atoms with Gasteiger partial charge in [-0.1, -0.05) is 36.0 Å². The van der Waals surface area contributed by atoms with Gasteiger partial charge < -0.3 is 0 Å². The number of hydrogen-bond acceptors (Lipinski definition) is 3. The molecule has 1 saturated heterocycles. The minimum atomic E-state index is -0.344. The summed E-state index contributed by atoms with van der Waals surface area (Å²) in [5.74, 6) is 0.666. The molecule has 4 heteroatoms. The molecule has 0 radical (unpaired) electrons. The van der Waals surface area contributed by atoms with Gasteiger partial charge in [-0.05, 0) is 44.4 Å². The first-order chi connectivity index (χ1) is 9.56. The van der Waals surface area contributed by atoms with Crippen molar-refractivity contribution in [3.63, 3.8) is 0 Å². The van der Waals surface area contributed by atoms with Crippen molar-refractivity contribution in [2.45, 2.75) is 33.2 Å². The number of thioether (sulfide) groups is 1. The van der Waals surface area contributed by atoms with Crippen LogP contribution in [0.5, 0.6) is 0 Å². The Morgan fingerprint density at radius 2 is 2.00 bits per heavy atom. The largest absolute Gasteiger partial charge is 0.297 e. The van der Waals surface area contributed by atoms with E-state index in [0.717, 1.165) is 29.0 Å². The normalized spacial score (nSPS) is 18.8. The molecule has 1 aromatic carbocycles. The molecule has 1 aliphatic heterocycles. The van der Waals surface area contributed by atoms with Crippen molar-refractivity contribution in [1.82, 2.24) is 0 Å². The van der Waals surface area contributed by atoms with Crippen LogP contribution >= 0.6 is 11.8 Å². The number of hydrogen-bond donors (Lipinski definition) is 0. The number of aryl methyl sites for hydroxylation is 2. The summed E-state index contributed by atoms with van der Waals surface area (Å²) in [6.45, 7) is 5.77. The number of carbonyl (C=O) groups excluding carboxylic acids is 2. The molecule has 1 aromatic rings. The highest BCUT2D eigenvalue weighted by atomic mass is 32.2. The maximum atomic E-state index is 12.5. The molecular formula is C16H19NO2S. The maximum absolute atomic E-state index is 12.5. The Bertz CT molecular complexity index is 545. The average molecular weight is 289 g/mol. The Morgan fingerprint density at radius 3 is 2.50 bits per heavy atom. The molecule has 3 nitrogen and oxygen atoms in total. The molecule has 0 aromatic heterocycles. The molecule has 0 bridgehead atoms. The van der Waals surface area contributed by atoms with Crippen molar-refractivity contribution >= 4 is 28.5 Å². The van der Waals surface area contributed by atoms with Gasteiger partial charge in [0.25, 0.3) is 5.91 Å². The molecule has 1 fully saturated rings. The van der Waals surface area contributed by atoms with Crippen LogP contribution in [0.1, 0.15) is 24.5 Å². The van der Waals surface area contributed by atoms with Gasteiger partial charge in [-0.15, -0.1) is 0 Å². The Labute approximate surface area is 124 Å². The molecule has 1 aliphatic rings. The monoisotopic (exact) mass is 289 g/mol. The van der Waals surface area contributed by atoms with Gasteiger partial charge in [0.15, 0.2) is 0 Å². The third-order valence-electron chi connectivity index (χ3n) is 3.45. The predicted molar refractivity (Wildman–Crippen MR) is 84.1 cm³/mol. The van der Waals surface area contributed by atoms with Gasteiger partial charge in [0, 0.05) is 5.75 Å². The first-order valence-corrected chi connectivity index (χ1v) is 7.73. The van der Waals surface area contributed by atoms with Crippen molar-refractivity contribution < 1.29 is 9.59 Å². The summed E-state index contributed by atoms with van der Waals surface area (Å²) in [5, 5.41) is 0.0884. The Morgan fingerprint density at radius 1 is 1.35 bits per heavy atom. The molecule has 0 spiro atoms. The summed E-state index contributed by atoms with van der Waals surface area (Å²) in [7, 11) is 0. The van der Waals surface area contributed by atoms with Gasteiger partial charge in [-0.2, -0.15) is 0 Å². The van der Waals surface area contributed by atoms with E-state index in [0.29, 0.717) is 0 Å². The SMILES string of the molecule is CC=CC(=O)N(c1c(C)cccc1C)C1CCSC1=O. The number of benzene rings is 1. The van der Waals surface area contributed by atoms with Crippen LogP contribution in [-0.2, 0) is 9.59 Å². The fraction of sp³-hybridized carbons (Fsp3) is 0.375. The molecule has 0 N–H and O–H groups in total. The molecule has 2 rings (SSSR count). The van der Waals surface area contributed by atoms with E-state index in [2.05, 4.69) is 0 Å². The Balaban J connectivity index is 2.51. The number of allylic oxidation sites excluding steroid dienone is 1. The lowest BCUT2D eigenvalue weighted by molar-refractivity contribution is -0.118. The lowest BCUT2D eigenvalue weighted by Crippen LogP contribution is -2.42. The van der Waals surface area contributed by atoms with Crippen molar-refractivity contribution in [1.29, 1.82) is 0 Å². The fourth-order valence-corrected chi connectivity index (χ4v) is 3.51. The smallest absolute Gasteiger partial charge is 0.251 e. The standard InChI is InChI=1S/C16H19NO2S/c1-4-6-14(18)17(13-9-10-20-16(13)19)15-11(2)7-5-8-12(15)3/h4-8,13H,9-10H2,1-3H3. The van der Waals surface area contributed by atoms with Crippen molar-refractivity contribution in [3.8, 4) is 0 Å². The van der Waals surface area contributed by atoms with Crippen LogP contribution in [0.3, 0.4) is 0 Å². The molecular weight excluding hydrogens is 270 g/mol. The highest BCUT2D eigenvalue weighted by Crippen LogP contribution is 2.33. The number of para-hydroxylation sites is 1. The molecule has 1 unspecified atom stereocenters. The summed E-state index contributed by atoms with van der Waals surface area (Å²) in [6.07, 6.45) is 3.97. The third kappa shape index (κ3) is 2.80. The van der Waals surface area contributed by atoms with E-state index in [-0.39, 0.29) is 17.1 Å². The molecule has 1 atom stereocenters. The number of carbonyl (C=O) groups is 2. The van der Waals surface area contributed by atoms with Gasteiger partial charge in [0.05, 0.1) is 5.69 Å². The van der Waals surface area contributed by atoms with E-state index < -0.39 is 0 Å². The summed E-state index contributed by atoms with van der Waals surface area (Å²) in [5.41, 5.74) is 2.91. The molecule has 0 saturated carbocycles. The third-order valence-corrected chi connectivity index (χ3v) is 4.44. The second-order valence-corrected chi connectivity index (χ2v) is 6.02.